The van der Waals surface area contributed by atoms with Gasteiger partial charge in [0.25, 0.3) is 0 Å². The molecule has 4 nitrogen and oxygen atoms in total. The van der Waals surface area contributed by atoms with Crippen LogP contribution < -0.4 is 0 Å². The summed E-state index contributed by atoms with van der Waals surface area (Å²) in [7, 11) is 0. The molecule has 32 valence electrons. The standard InChI is InChI=1S/3Al.4H2O/h;;;4*1H2/q3*+3;;;;/p-4. The summed E-state index contributed by atoms with van der Waals surface area (Å²) in [6.45, 7) is 0. The molecule has 0 rings (SSSR count). The third-order valence-corrected chi connectivity index (χ3v) is 0. The van der Waals surface area contributed by atoms with Crippen molar-refractivity contribution in [2.75, 3.05) is 0 Å². The van der Waals surface area contributed by atoms with Gasteiger partial charge in [-0.15, -0.1) is 0 Å². The number of rotatable bonds is 0. The van der Waals surface area contributed by atoms with Crippen LogP contribution in [-0.4, -0.2) is 74.0 Å². The molecule has 0 aliphatic heterocycles. The summed E-state index contributed by atoms with van der Waals surface area (Å²) in [5.41, 5.74) is 0. The quantitative estimate of drug-likeness (QED) is 0.375. The van der Waals surface area contributed by atoms with E-state index in [1.807, 2.05) is 0 Å². The number of hydrogen-bond acceptors (Lipinski definition) is 4. The van der Waals surface area contributed by atoms with Gasteiger partial charge in [-0.3, -0.25) is 0 Å². The van der Waals surface area contributed by atoms with Crippen LogP contribution in [0.1, 0.15) is 0 Å². The van der Waals surface area contributed by atoms with Crippen molar-refractivity contribution < 1.29 is 21.9 Å². The van der Waals surface area contributed by atoms with Crippen molar-refractivity contribution in [1.29, 1.82) is 0 Å². The van der Waals surface area contributed by atoms with Gasteiger partial charge < -0.3 is 21.9 Å². The second kappa shape index (κ2) is 149. The summed E-state index contributed by atoms with van der Waals surface area (Å²) in [4.78, 5) is 0. The first-order valence-corrected chi connectivity index (χ1v) is 0. The Balaban J connectivity index is 0. The monoisotopic (exact) mass is 149 g/mol. The first-order valence-electron chi connectivity index (χ1n) is 0. The van der Waals surface area contributed by atoms with Crippen LogP contribution in [0.2, 0.25) is 0 Å². The second-order valence-corrected chi connectivity index (χ2v) is 0. The molecule has 0 bridgehead atoms. The molecule has 0 fully saturated rings. The molecule has 0 aliphatic rings. The number of hydrogen-bond donors (Lipinski definition) is 0. The fourth-order valence-corrected chi connectivity index (χ4v) is 0. The third-order valence-electron chi connectivity index (χ3n) is 0. The Morgan fingerprint density at radius 2 is 0.286 bits per heavy atom. The molecular weight excluding hydrogens is 145 g/mol. The molecule has 0 unspecified atom stereocenters. The summed E-state index contributed by atoms with van der Waals surface area (Å²) < 4.78 is 0. The molecule has 7 heteroatoms. The van der Waals surface area contributed by atoms with Gasteiger partial charge in [-0.1, -0.05) is 0 Å². The van der Waals surface area contributed by atoms with E-state index >= 15 is 0 Å². The maximum absolute atomic E-state index is 0. The van der Waals surface area contributed by atoms with Crippen molar-refractivity contribution in [1.82, 2.24) is 0 Å². The van der Waals surface area contributed by atoms with E-state index in [0.717, 1.165) is 0 Å². The van der Waals surface area contributed by atoms with E-state index in [1.165, 1.54) is 0 Å². The van der Waals surface area contributed by atoms with Gasteiger partial charge in [0.1, 0.15) is 0 Å². The molecule has 0 heterocycles. The predicted octanol–water partition coefficient (Wildman–Crippen LogP) is -1.85. The summed E-state index contributed by atoms with van der Waals surface area (Å²) in [6.07, 6.45) is 0. The Kier molecular flexibility index (Phi) is 4810. The van der Waals surface area contributed by atoms with Gasteiger partial charge in [-0.25, -0.2) is 0 Å². The first kappa shape index (κ1) is 226. The van der Waals surface area contributed by atoms with Crippen molar-refractivity contribution in [2.24, 2.45) is 0 Å². The third kappa shape index (κ3) is 106. The molecular formula is H4Al3O4+5. The molecule has 7 heavy (non-hydrogen) atoms. The average molecular weight is 149 g/mol. The van der Waals surface area contributed by atoms with E-state index < -0.39 is 0 Å². The van der Waals surface area contributed by atoms with Crippen molar-refractivity contribution in [3.8, 4) is 0 Å². The Hall–Kier alpha value is 1.44. The van der Waals surface area contributed by atoms with E-state index in [2.05, 4.69) is 0 Å². The van der Waals surface area contributed by atoms with Gasteiger partial charge in [-0.05, 0) is 0 Å². The zero-order chi connectivity index (χ0) is 0. The molecule has 0 aliphatic carbocycles. The van der Waals surface area contributed by atoms with Gasteiger partial charge in [-0.2, -0.15) is 0 Å². The van der Waals surface area contributed by atoms with Crippen molar-refractivity contribution in [3.63, 3.8) is 0 Å². The predicted molar refractivity (Wildman–Crippen MR) is 25.0 cm³/mol. The Bertz CT molecular complexity index is 6.90. The van der Waals surface area contributed by atoms with E-state index in [1.54, 1.807) is 0 Å². The molecule has 0 aromatic rings. The summed E-state index contributed by atoms with van der Waals surface area (Å²) >= 11 is 0. The Morgan fingerprint density at radius 1 is 0.286 bits per heavy atom. The van der Waals surface area contributed by atoms with Crippen LogP contribution in [-0.2, 0) is 0 Å². The van der Waals surface area contributed by atoms with Gasteiger partial charge in [0.2, 0.25) is 0 Å². The van der Waals surface area contributed by atoms with E-state index in [0.29, 0.717) is 0 Å². The zero-order valence-corrected chi connectivity index (χ0v) is 6.99. The normalized spacial score (nSPS) is 0. The summed E-state index contributed by atoms with van der Waals surface area (Å²) in [6, 6.07) is 0. The van der Waals surface area contributed by atoms with Crippen molar-refractivity contribution >= 4 is 52.1 Å². The van der Waals surface area contributed by atoms with E-state index in [4.69, 9.17) is 0 Å². The molecule has 4 N–H and O–H groups in total. The molecule has 0 saturated carbocycles. The smallest absolute Gasteiger partial charge is 0.870 e. The van der Waals surface area contributed by atoms with Crippen LogP contribution in [0.3, 0.4) is 0 Å². The minimum Gasteiger partial charge on any atom is -0.870 e. The zero-order valence-electron chi connectivity index (χ0n) is 3.52. The SMILES string of the molecule is [Al+3].[Al+3].[Al+3].[OH-].[OH-].[OH-].[OH-]. The van der Waals surface area contributed by atoms with Gasteiger partial charge in [0, 0.05) is 0 Å². The van der Waals surface area contributed by atoms with Crippen LogP contribution in [0.4, 0.5) is 0 Å². The minimum atomic E-state index is 0. The molecule has 0 amide bonds. The molecule has 0 aromatic carbocycles. The van der Waals surface area contributed by atoms with Gasteiger partial charge >= 0.3 is 52.1 Å². The maximum atomic E-state index is 0. The fraction of sp³-hybridized carbons (Fsp3) is 0. The topological polar surface area (TPSA) is 120 Å². The second-order valence-electron chi connectivity index (χ2n) is 0. The first-order chi connectivity index (χ1) is 0. The summed E-state index contributed by atoms with van der Waals surface area (Å²) in [5.74, 6) is 0. The Morgan fingerprint density at radius 3 is 0.286 bits per heavy atom. The van der Waals surface area contributed by atoms with E-state index in [9.17, 15) is 0 Å². The van der Waals surface area contributed by atoms with Gasteiger partial charge in [0.15, 0.2) is 0 Å². The summed E-state index contributed by atoms with van der Waals surface area (Å²) in [5, 5.41) is 0. The van der Waals surface area contributed by atoms with E-state index in [-0.39, 0.29) is 74.0 Å². The van der Waals surface area contributed by atoms with Crippen LogP contribution >= 0.6 is 0 Å². The fourth-order valence-electron chi connectivity index (χ4n) is 0. The van der Waals surface area contributed by atoms with Crippen molar-refractivity contribution in [3.05, 3.63) is 0 Å². The molecule has 0 radical (unpaired) electrons. The minimum absolute atomic E-state index is 0. The molecule has 0 spiro atoms. The van der Waals surface area contributed by atoms with Crippen LogP contribution in [0.15, 0.2) is 0 Å². The average Bonchev–Trinajstić information content (AvgIpc) is 0. The molecule has 0 atom stereocenters. The Labute approximate surface area is 73.9 Å². The van der Waals surface area contributed by atoms with Gasteiger partial charge in [0.05, 0.1) is 0 Å². The molecule has 0 saturated heterocycles. The largest absolute Gasteiger partial charge is 3.00 e. The van der Waals surface area contributed by atoms with Crippen LogP contribution in [0.5, 0.6) is 0 Å². The van der Waals surface area contributed by atoms with Crippen LogP contribution in [0.25, 0.3) is 0 Å². The van der Waals surface area contributed by atoms with Crippen LogP contribution in [0, 0.1) is 0 Å². The molecule has 0 aromatic heterocycles. The maximum Gasteiger partial charge on any atom is 3.00 e. The van der Waals surface area contributed by atoms with Crippen molar-refractivity contribution in [2.45, 2.75) is 0 Å².